The van der Waals surface area contributed by atoms with Crippen molar-refractivity contribution in [3.8, 4) is 0 Å². The molecule has 0 saturated carbocycles. The van der Waals surface area contributed by atoms with Crippen LogP contribution in [0.2, 0.25) is 5.02 Å². The fourth-order valence-electron chi connectivity index (χ4n) is 2.99. The van der Waals surface area contributed by atoms with Crippen molar-refractivity contribution in [2.24, 2.45) is 0 Å². The highest BCUT2D eigenvalue weighted by Crippen LogP contribution is 2.30. The molecule has 2 fully saturated rings. The standard InChI is InChI=1S/C14H18ClN3O3/c15-12-11(14(19)20)1-3-16-13(12)18-4-2-10(9-18)17-5-7-21-8-6-17/h1,3,10H,2,4-9H2,(H,19,20). The van der Waals surface area contributed by atoms with Gasteiger partial charge in [-0.05, 0) is 12.5 Å². The summed E-state index contributed by atoms with van der Waals surface area (Å²) < 4.78 is 5.38. The maximum atomic E-state index is 11.1. The molecule has 0 radical (unpaired) electrons. The van der Waals surface area contributed by atoms with Crippen LogP contribution in [0.1, 0.15) is 16.8 Å². The molecule has 0 bridgehead atoms. The first kappa shape index (κ1) is 14.6. The lowest BCUT2D eigenvalue weighted by molar-refractivity contribution is 0.0209. The molecule has 1 aromatic heterocycles. The summed E-state index contributed by atoms with van der Waals surface area (Å²) in [4.78, 5) is 19.9. The quantitative estimate of drug-likeness (QED) is 0.909. The molecule has 0 spiro atoms. The number of morpholine rings is 1. The van der Waals surface area contributed by atoms with Crippen LogP contribution in [0.5, 0.6) is 0 Å². The predicted octanol–water partition coefficient (Wildman–Crippen LogP) is 1.34. The third-order valence-electron chi connectivity index (χ3n) is 4.13. The van der Waals surface area contributed by atoms with E-state index in [2.05, 4.69) is 14.8 Å². The number of carbonyl (C=O) groups is 1. The normalized spacial score (nSPS) is 23.5. The fraction of sp³-hybridized carbons (Fsp3) is 0.571. The SMILES string of the molecule is O=C(O)c1ccnc(N2CCC(N3CCOCC3)C2)c1Cl. The number of halogens is 1. The van der Waals surface area contributed by atoms with Crippen LogP contribution in [0.25, 0.3) is 0 Å². The number of hydrogen-bond acceptors (Lipinski definition) is 5. The Labute approximate surface area is 128 Å². The van der Waals surface area contributed by atoms with E-state index in [-0.39, 0.29) is 10.6 Å². The van der Waals surface area contributed by atoms with Crippen LogP contribution >= 0.6 is 11.6 Å². The van der Waals surface area contributed by atoms with Crippen LogP contribution < -0.4 is 4.90 Å². The highest BCUT2D eigenvalue weighted by Gasteiger charge is 2.31. The van der Waals surface area contributed by atoms with Crippen molar-refractivity contribution >= 4 is 23.4 Å². The second-order valence-electron chi connectivity index (χ2n) is 5.34. The molecule has 2 aliphatic heterocycles. The van der Waals surface area contributed by atoms with E-state index in [0.29, 0.717) is 11.9 Å². The summed E-state index contributed by atoms with van der Waals surface area (Å²) in [5, 5.41) is 9.37. The number of hydrogen-bond donors (Lipinski definition) is 1. The van der Waals surface area contributed by atoms with Crippen molar-refractivity contribution < 1.29 is 14.6 Å². The molecule has 0 aliphatic carbocycles. The van der Waals surface area contributed by atoms with Crippen LogP contribution in [0.15, 0.2) is 12.3 Å². The molecule has 1 atom stereocenters. The smallest absolute Gasteiger partial charge is 0.337 e. The lowest BCUT2D eigenvalue weighted by Crippen LogP contribution is -2.44. The third-order valence-corrected chi connectivity index (χ3v) is 4.50. The van der Waals surface area contributed by atoms with Gasteiger partial charge in [0.25, 0.3) is 0 Å². The molecule has 2 saturated heterocycles. The Balaban J connectivity index is 1.74. The van der Waals surface area contributed by atoms with Gasteiger partial charge >= 0.3 is 5.97 Å². The van der Waals surface area contributed by atoms with Crippen molar-refractivity contribution in [2.75, 3.05) is 44.3 Å². The van der Waals surface area contributed by atoms with Crippen molar-refractivity contribution in [3.63, 3.8) is 0 Å². The Kier molecular flexibility index (Phi) is 4.28. The van der Waals surface area contributed by atoms with E-state index in [4.69, 9.17) is 21.4 Å². The van der Waals surface area contributed by atoms with E-state index in [1.807, 2.05) is 0 Å². The largest absolute Gasteiger partial charge is 0.478 e. The highest BCUT2D eigenvalue weighted by atomic mass is 35.5. The Morgan fingerprint density at radius 3 is 2.86 bits per heavy atom. The summed E-state index contributed by atoms with van der Waals surface area (Å²) >= 11 is 6.20. The van der Waals surface area contributed by atoms with Crippen molar-refractivity contribution in [3.05, 3.63) is 22.8 Å². The highest BCUT2D eigenvalue weighted by molar-refractivity contribution is 6.35. The molecule has 1 N–H and O–H groups in total. The summed E-state index contributed by atoms with van der Waals surface area (Å²) in [5.74, 6) is -0.445. The Morgan fingerprint density at radius 1 is 1.38 bits per heavy atom. The van der Waals surface area contributed by atoms with Crippen molar-refractivity contribution in [1.82, 2.24) is 9.88 Å². The maximum Gasteiger partial charge on any atom is 0.337 e. The monoisotopic (exact) mass is 311 g/mol. The van der Waals surface area contributed by atoms with Crippen LogP contribution in [0.3, 0.4) is 0 Å². The summed E-state index contributed by atoms with van der Waals surface area (Å²) in [6.45, 7) is 5.14. The van der Waals surface area contributed by atoms with Crippen LogP contribution in [0, 0.1) is 0 Å². The van der Waals surface area contributed by atoms with E-state index >= 15 is 0 Å². The summed E-state index contributed by atoms with van der Waals surface area (Å²) in [6.07, 6.45) is 2.54. The van der Waals surface area contributed by atoms with Gasteiger partial charge in [-0.2, -0.15) is 0 Å². The molecule has 21 heavy (non-hydrogen) atoms. The molecule has 1 unspecified atom stereocenters. The van der Waals surface area contributed by atoms with Gasteiger partial charge in [-0.15, -0.1) is 0 Å². The van der Waals surface area contributed by atoms with Crippen molar-refractivity contribution in [1.29, 1.82) is 0 Å². The number of nitrogens with zero attached hydrogens (tertiary/aromatic N) is 3. The first-order chi connectivity index (χ1) is 10.2. The zero-order valence-electron chi connectivity index (χ0n) is 11.7. The van der Waals surface area contributed by atoms with E-state index in [1.54, 1.807) is 0 Å². The van der Waals surface area contributed by atoms with Gasteiger partial charge < -0.3 is 14.7 Å². The summed E-state index contributed by atoms with van der Waals surface area (Å²) in [5.41, 5.74) is 0.108. The average Bonchev–Trinajstić information content (AvgIpc) is 2.98. The summed E-state index contributed by atoms with van der Waals surface area (Å²) in [6, 6.07) is 1.89. The van der Waals surface area contributed by atoms with E-state index in [0.717, 1.165) is 45.8 Å². The maximum absolute atomic E-state index is 11.1. The Morgan fingerprint density at radius 2 is 2.14 bits per heavy atom. The molecular weight excluding hydrogens is 294 g/mol. The average molecular weight is 312 g/mol. The number of anilines is 1. The van der Waals surface area contributed by atoms with Crippen LogP contribution in [0.4, 0.5) is 5.82 Å². The summed E-state index contributed by atoms with van der Waals surface area (Å²) in [7, 11) is 0. The number of carboxylic acids is 1. The molecule has 6 nitrogen and oxygen atoms in total. The third kappa shape index (κ3) is 2.97. The van der Waals surface area contributed by atoms with E-state index in [9.17, 15) is 4.79 Å². The zero-order valence-corrected chi connectivity index (χ0v) is 12.4. The van der Waals surface area contributed by atoms with Gasteiger partial charge in [0.15, 0.2) is 0 Å². The van der Waals surface area contributed by atoms with Gasteiger partial charge in [-0.25, -0.2) is 9.78 Å². The van der Waals surface area contributed by atoms with Crippen molar-refractivity contribution in [2.45, 2.75) is 12.5 Å². The molecule has 7 heteroatoms. The fourth-order valence-corrected chi connectivity index (χ4v) is 3.31. The second-order valence-corrected chi connectivity index (χ2v) is 5.72. The number of aromatic nitrogens is 1. The predicted molar refractivity (Wildman–Crippen MR) is 79.2 cm³/mol. The van der Waals surface area contributed by atoms with Gasteiger partial charge in [0.2, 0.25) is 0 Å². The second kappa shape index (κ2) is 6.17. The molecule has 3 heterocycles. The Hall–Kier alpha value is -1.37. The minimum atomic E-state index is -1.02. The topological polar surface area (TPSA) is 65.9 Å². The molecule has 3 rings (SSSR count). The van der Waals surface area contributed by atoms with Gasteiger partial charge in [0.1, 0.15) is 5.82 Å². The van der Waals surface area contributed by atoms with Gasteiger partial charge in [0.05, 0.1) is 23.8 Å². The van der Waals surface area contributed by atoms with E-state index < -0.39 is 5.97 Å². The molecular formula is C14H18ClN3O3. The number of aromatic carboxylic acids is 1. The van der Waals surface area contributed by atoms with E-state index in [1.165, 1.54) is 12.3 Å². The molecule has 0 aromatic carbocycles. The molecule has 2 aliphatic rings. The van der Waals surface area contributed by atoms with Gasteiger partial charge in [-0.3, -0.25) is 4.90 Å². The molecule has 114 valence electrons. The first-order valence-electron chi connectivity index (χ1n) is 7.11. The number of carboxylic acid groups (broad SMARTS) is 1. The number of rotatable bonds is 3. The Bertz CT molecular complexity index is 534. The van der Waals surface area contributed by atoms with Crippen LogP contribution in [-0.4, -0.2) is 66.4 Å². The van der Waals surface area contributed by atoms with Crippen LogP contribution in [-0.2, 0) is 4.74 Å². The lowest BCUT2D eigenvalue weighted by Gasteiger charge is -2.32. The first-order valence-corrected chi connectivity index (χ1v) is 7.49. The van der Waals surface area contributed by atoms with Gasteiger partial charge in [-0.1, -0.05) is 11.6 Å². The minimum absolute atomic E-state index is 0.108. The zero-order chi connectivity index (χ0) is 14.8. The van der Waals surface area contributed by atoms with Gasteiger partial charge in [0, 0.05) is 38.4 Å². The number of pyridine rings is 1. The lowest BCUT2D eigenvalue weighted by atomic mass is 10.2. The minimum Gasteiger partial charge on any atom is -0.478 e. The number of ether oxygens (including phenoxy) is 1. The molecule has 1 aromatic rings. The molecule has 0 amide bonds.